The number of benzene rings is 1. The molecule has 1 aromatic carbocycles. The van der Waals surface area contributed by atoms with Crippen LogP contribution in [0.1, 0.15) is 38.7 Å². The molecule has 0 spiro atoms. The third kappa shape index (κ3) is 5.95. The molecule has 4 aliphatic rings. The van der Waals surface area contributed by atoms with Crippen LogP contribution in [-0.2, 0) is 25.6 Å². The Morgan fingerprint density at radius 2 is 1.90 bits per heavy atom. The van der Waals surface area contributed by atoms with Crippen LogP contribution in [-0.4, -0.2) is 101 Å². The Morgan fingerprint density at radius 1 is 1.21 bits per heavy atom. The van der Waals surface area contributed by atoms with Crippen molar-refractivity contribution in [1.29, 1.82) is 0 Å². The van der Waals surface area contributed by atoms with Gasteiger partial charge in [0.05, 0.1) is 24.5 Å². The van der Waals surface area contributed by atoms with Gasteiger partial charge in [0.15, 0.2) is 0 Å². The van der Waals surface area contributed by atoms with Crippen LogP contribution < -0.4 is 21.7 Å². The molecular weight excluding hydrogens is 556 g/mol. The maximum absolute atomic E-state index is 13.4. The largest absolute Gasteiger partial charge is 0.477 e. The molecule has 0 saturated carbocycles. The molecule has 3 amide bonds. The fraction of sp³-hybridized carbons (Fsp3) is 0.600. The van der Waals surface area contributed by atoms with Crippen LogP contribution in [0.15, 0.2) is 40.9 Å². The molecular formula is C30H42N6O5S. The standard InChI is InChI=1S/C30H42N6O5S/c1-17-24-23(18(2)34-22(37)16-32-3)28(39)36(24)25(29(40)41)26(17)42-20-13-21(33-15-20)27(38)35-11-9-30(31,10-12-35)14-19-7-5-4-6-8-19/h4-8,17-18,20-21,23-24,32-33H,9-16,31H2,1-3H3,(H,34,37)(H,40,41)/t17-,18-,20+,21+,23-,24-/m1/s1. The van der Waals surface area contributed by atoms with Gasteiger partial charge in [0.2, 0.25) is 17.7 Å². The maximum atomic E-state index is 13.4. The van der Waals surface area contributed by atoms with Gasteiger partial charge in [0, 0.05) is 47.3 Å². The fourth-order valence-corrected chi connectivity index (χ4v) is 8.46. The number of hydrogen-bond acceptors (Lipinski definition) is 8. The van der Waals surface area contributed by atoms with Gasteiger partial charge < -0.3 is 36.6 Å². The number of piperidine rings is 1. The summed E-state index contributed by atoms with van der Waals surface area (Å²) in [4.78, 5) is 54.9. The van der Waals surface area contributed by atoms with Crippen LogP contribution in [0.3, 0.4) is 0 Å². The monoisotopic (exact) mass is 598 g/mol. The van der Waals surface area contributed by atoms with Crippen molar-refractivity contribution in [3.8, 4) is 0 Å². The number of likely N-dealkylation sites (N-methyl/N-ethyl adjacent to an activating group) is 1. The number of nitrogens with one attached hydrogen (secondary N) is 3. The number of nitrogens with two attached hydrogens (primary N) is 1. The number of carbonyl (C=O) groups excluding carboxylic acids is 3. The van der Waals surface area contributed by atoms with Gasteiger partial charge in [-0.05, 0) is 45.2 Å². The minimum Gasteiger partial charge on any atom is -0.477 e. The zero-order chi connectivity index (χ0) is 30.2. The van der Waals surface area contributed by atoms with Gasteiger partial charge in [-0.3, -0.25) is 14.4 Å². The second-order valence-corrected chi connectivity index (χ2v) is 13.5. The van der Waals surface area contributed by atoms with E-state index in [0.717, 1.165) is 19.3 Å². The number of nitrogens with zero attached hydrogens (tertiary/aromatic N) is 2. The number of carboxylic acid groups (broad SMARTS) is 1. The molecule has 11 nitrogen and oxygen atoms in total. The number of thioether (sulfide) groups is 1. The molecule has 4 aliphatic heterocycles. The normalized spacial score (nSPS) is 29.2. The van der Waals surface area contributed by atoms with Gasteiger partial charge in [-0.15, -0.1) is 11.8 Å². The number of carbonyl (C=O) groups is 4. The average Bonchev–Trinajstić information content (AvgIpc) is 3.50. The van der Waals surface area contributed by atoms with E-state index in [1.807, 2.05) is 30.0 Å². The highest BCUT2D eigenvalue weighted by Gasteiger charge is 2.60. The van der Waals surface area contributed by atoms with E-state index >= 15 is 0 Å². The Kier molecular flexibility index (Phi) is 8.98. The molecule has 1 aromatic rings. The molecule has 228 valence electrons. The van der Waals surface area contributed by atoms with Crippen molar-refractivity contribution in [3.63, 3.8) is 0 Å². The number of amides is 3. The lowest BCUT2D eigenvalue weighted by Gasteiger charge is -2.47. The van der Waals surface area contributed by atoms with Crippen LogP contribution >= 0.6 is 11.8 Å². The molecule has 0 unspecified atom stereocenters. The summed E-state index contributed by atoms with van der Waals surface area (Å²) >= 11 is 1.47. The summed E-state index contributed by atoms with van der Waals surface area (Å²) in [5.41, 5.74) is 7.63. The van der Waals surface area contributed by atoms with E-state index in [9.17, 15) is 24.3 Å². The molecule has 6 N–H and O–H groups in total. The summed E-state index contributed by atoms with van der Waals surface area (Å²) in [6.07, 6.45) is 2.85. The molecule has 5 rings (SSSR count). The maximum Gasteiger partial charge on any atom is 0.353 e. The summed E-state index contributed by atoms with van der Waals surface area (Å²) in [5.74, 6) is -2.22. The second-order valence-electron chi connectivity index (χ2n) is 12.2. The molecule has 0 aliphatic carbocycles. The molecule has 3 fully saturated rings. The number of carboxylic acids is 1. The number of hydrogen-bond donors (Lipinski definition) is 5. The van der Waals surface area contributed by atoms with E-state index in [4.69, 9.17) is 5.73 Å². The molecule has 42 heavy (non-hydrogen) atoms. The lowest BCUT2D eigenvalue weighted by Crippen LogP contribution is -2.66. The van der Waals surface area contributed by atoms with Crippen molar-refractivity contribution in [3.05, 3.63) is 46.5 Å². The van der Waals surface area contributed by atoms with Crippen LogP contribution in [0, 0.1) is 11.8 Å². The van der Waals surface area contributed by atoms with E-state index in [0.29, 0.717) is 31.0 Å². The van der Waals surface area contributed by atoms with Crippen LogP contribution in [0.25, 0.3) is 0 Å². The van der Waals surface area contributed by atoms with Crippen LogP contribution in [0.5, 0.6) is 0 Å². The molecule has 12 heteroatoms. The van der Waals surface area contributed by atoms with Gasteiger partial charge in [0.1, 0.15) is 5.70 Å². The Balaban J connectivity index is 1.18. The Labute approximate surface area is 251 Å². The lowest BCUT2D eigenvalue weighted by molar-refractivity contribution is -0.158. The number of fused-ring (bicyclic) bond motifs is 1. The fourth-order valence-electron chi connectivity index (χ4n) is 6.98. The SMILES string of the molecule is CNCC(=O)N[C@H](C)[C@H]1C(=O)N2C(C(=O)O)=C(S[C@@H]3CN[C@H](C(=O)N4CCC(N)(Cc5ccccc5)CC4)C3)[C@H](C)[C@H]12. The van der Waals surface area contributed by atoms with Crippen molar-refractivity contribution < 1.29 is 24.3 Å². The first kappa shape index (κ1) is 30.5. The summed E-state index contributed by atoms with van der Waals surface area (Å²) < 4.78 is 0. The Morgan fingerprint density at radius 3 is 2.55 bits per heavy atom. The third-order valence-electron chi connectivity index (χ3n) is 9.21. The quantitative estimate of drug-likeness (QED) is 0.242. The summed E-state index contributed by atoms with van der Waals surface area (Å²) in [5, 5.41) is 19.1. The van der Waals surface area contributed by atoms with Gasteiger partial charge in [-0.1, -0.05) is 37.3 Å². The summed E-state index contributed by atoms with van der Waals surface area (Å²) in [6, 6.07) is 9.14. The van der Waals surface area contributed by atoms with E-state index in [1.165, 1.54) is 22.2 Å². The van der Waals surface area contributed by atoms with E-state index in [2.05, 4.69) is 28.1 Å². The molecule has 3 saturated heterocycles. The first-order valence-corrected chi connectivity index (χ1v) is 15.7. The minimum atomic E-state index is -1.13. The van der Waals surface area contributed by atoms with Crippen molar-refractivity contribution in [2.75, 3.05) is 33.2 Å². The number of aliphatic carboxylic acids is 1. The predicted octanol–water partition coefficient (Wildman–Crippen LogP) is 0.510. The number of likely N-dealkylation sites (tertiary alicyclic amines) is 1. The number of β-lactam (4-membered cyclic amide) rings is 1. The summed E-state index contributed by atoms with van der Waals surface area (Å²) in [7, 11) is 1.67. The first-order chi connectivity index (χ1) is 20.0. The lowest BCUT2D eigenvalue weighted by atomic mass is 9.78. The van der Waals surface area contributed by atoms with Gasteiger partial charge >= 0.3 is 5.97 Å². The molecule has 0 aromatic heterocycles. The number of rotatable bonds is 10. The van der Waals surface area contributed by atoms with E-state index in [1.54, 1.807) is 14.0 Å². The zero-order valence-corrected chi connectivity index (χ0v) is 25.3. The third-order valence-corrected chi connectivity index (χ3v) is 10.7. The molecule has 6 atom stereocenters. The van der Waals surface area contributed by atoms with Gasteiger partial charge in [-0.2, -0.15) is 0 Å². The highest BCUT2D eigenvalue weighted by molar-refractivity contribution is 8.03. The molecule has 4 heterocycles. The van der Waals surface area contributed by atoms with Gasteiger partial charge in [-0.25, -0.2) is 4.79 Å². The molecule has 0 radical (unpaired) electrons. The molecule has 0 bridgehead atoms. The summed E-state index contributed by atoms with van der Waals surface area (Å²) in [6.45, 7) is 5.69. The minimum absolute atomic E-state index is 0.00206. The van der Waals surface area contributed by atoms with Crippen molar-refractivity contribution in [2.45, 2.75) is 68.4 Å². The second kappa shape index (κ2) is 12.4. The van der Waals surface area contributed by atoms with E-state index < -0.39 is 17.9 Å². The van der Waals surface area contributed by atoms with E-state index in [-0.39, 0.29) is 58.8 Å². The van der Waals surface area contributed by atoms with Crippen LogP contribution in [0.4, 0.5) is 0 Å². The van der Waals surface area contributed by atoms with Crippen molar-refractivity contribution in [2.24, 2.45) is 17.6 Å². The smallest absolute Gasteiger partial charge is 0.353 e. The highest BCUT2D eigenvalue weighted by Crippen LogP contribution is 2.51. The van der Waals surface area contributed by atoms with Crippen molar-refractivity contribution >= 4 is 35.5 Å². The topological polar surface area (TPSA) is 157 Å². The highest BCUT2D eigenvalue weighted by atomic mass is 32.2. The zero-order valence-electron chi connectivity index (χ0n) is 24.5. The average molecular weight is 599 g/mol. The predicted molar refractivity (Wildman–Crippen MR) is 160 cm³/mol. The van der Waals surface area contributed by atoms with Crippen molar-refractivity contribution in [1.82, 2.24) is 25.8 Å². The Bertz CT molecular complexity index is 1250. The van der Waals surface area contributed by atoms with Crippen LogP contribution in [0.2, 0.25) is 0 Å². The first-order valence-electron chi connectivity index (χ1n) is 14.8. The Hall–Kier alpha value is -2.93. The van der Waals surface area contributed by atoms with Gasteiger partial charge in [0.25, 0.3) is 0 Å².